The van der Waals surface area contributed by atoms with Gasteiger partial charge in [-0.15, -0.1) is 0 Å². The summed E-state index contributed by atoms with van der Waals surface area (Å²) < 4.78 is 0. The predicted molar refractivity (Wildman–Crippen MR) is 80.2 cm³/mol. The molecule has 0 saturated heterocycles. The number of aryl methyl sites for hydroxylation is 1. The predicted octanol–water partition coefficient (Wildman–Crippen LogP) is 2.59. The number of amides is 1. The molecule has 0 bridgehead atoms. The Hall–Kier alpha value is -1.97. The van der Waals surface area contributed by atoms with Crippen LogP contribution >= 0.6 is 0 Å². The van der Waals surface area contributed by atoms with Crippen LogP contribution in [0, 0.1) is 13.8 Å². The molecule has 0 radical (unpaired) electrons. The minimum absolute atomic E-state index is 0.0556. The molecule has 0 spiro atoms. The molecule has 1 unspecified atom stereocenters. The van der Waals surface area contributed by atoms with Gasteiger partial charge in [-0.1, -0.05) is 6.07 Å². The van der Waals surface area contributed by atoms with Crippen molar-refractivity contribution < 1.29 is 14.4 Å². The highest BCUT2D eigenvalue weighted by atomic mass is 16.2. The minimum Gasteiger partial charge on any atom is -0.321 e. The van der Waals surface area contributed by atoms with E-state index in [2.05, 4.69) is 0 Å². The second kappa shape index (κ2) is 5.10. The number of hydrogen-bond acceptors (Lipinski definition) is 3. The molecular weight excluding hydrogens is 266 g/mol. The quantitative estimate of drug-likeness (QED) is 0.855. The largest absolute Gasteiger partial charge is 0.321 e. The van der Waals surface area contributed by atoms with Crippen molar-refractivity contribution in [1.29, 1.82) is 0 Å². The van der Waals surface area contributed by atoms with E-state index in [0.29, 0.717) is 12.1 Å². The number of rotatable bonds is 4. The summed E-state index contributed by atoms with van der Waals surface area (Å²) in [4.78, 5) is 37.8. The molecule has 1 aliphatic heterocycles. The molecule has 0 aliphatic carbocycles. The molecule has 4 heteroatoms. The van der Waals surface area contributed by atoms with Crippen LogP contribution in [0.4, 0.5) is 0 Å². The van der Waals surface area contributed by atoms with Crippen LogP contribution in [0.15, 0.2) is 12.1 Å². The Morgan fingerprint density at radius 2 is 1.86 bits per heavy atom. The summed E-state index contributed by atoms with van der Waals surface area (Å²) in [5.41, 5.74) is 2.75. The van der Waals surface area contributed by atoms with E-state index >= 15 is 0 Å². The monoisotopic (exact) mass is 287 g/mol. The van der Waals surface area contributed by atoms with Gasteiger partial charge >= 0.3 is 0 Å². The minimum atomic E-state index is -1.07. The number of fused-ring (bicyclic) bond motifs is 1. The molecule has 0 N–H and O–H groups in total. The lowest BCUT2D eigenvalue weighted by Crippen LogP contribution is -2.52. The maximum Gasteiger partial charge on any atom is 0.255 e. The third-order valence-electron chi connectivity index (χ3n) is 4.61. The van der Waals surface area contributed by atoms with E-state index in [1.54, 1.807) is 11.8 Å². The number of nitrogens with zero attached hydrogens (tertiary/aromatic N) is 1. The molecule has 1 atom stereocenters. The zero-order valence-corrected chi connectivity index (χ0v) is 13.2. The normalized spacial score (nSPS) is 16.6. The van der Waals surface area contributed by atoms with Crippen LogP contribution in [0.5, 0.6) is 0 Å². The van der Waals surface area contributed by atoms with Crippen LogP contribution in [0.3, 0.4) is 0 Å². The first-order chi connectivity index (χ1) is 9.68. The lowest BCUT2D eigenvalue weighted by Gasteiger charge is -2.36. The Bertz CT molecular complexity index is 648. The lowest BCUT2D eigenvalue weighted by molar-refractivity contribution is -0.132. The fourth-order valence-corrected chi connectivity index (χ4v) is 2.95. The van der Waals surface area contributed by atoms with Crippen LogP contribution in [-0.2, 0) is 16.1 Å². The molecule has 1 aliphatic rings. The van der Waals surface area contributed by atoms with Gasteiger partial charge in [-0.3, -0.25) is 14.4 Å². The molecule has 1 amide bonds. The third-order valence-corrected chi connectivity index (χ3v) is 4.61. The lowest BCUT2D eigenvalue weighted by atomic mass is 9.89. The van der Waals surface area contributed by atoms with Crippen molar-refractivity contribution in [2.75, 3.05) is 0 Å². The fraction of sp³-hybridized carbons (Fsp3) is 0.471. The van der Waals surface area contributed by atoms with Gasteiger partial charge < -0.3 is 4.90 Å². The maximum atomic E-state index is 12.7. The van der Waals surface area contributed by atoms with E-state index in [4.69, 9.17) is 0 Å². The zero-order chi connectivity index (χ0) is 15.9. The molecule has 0 aromatic heterocycles. The molecule has 4 nitrogen and oxygen atoms in total. The average Bonchev–Trinajstić information content (AvgIpc) is 2.71. The molecule has 1 aromatic rings. The highest BCUT2D eigenvalue weighted by Crippen LogP contribution is 2.34. The fourth-order valence-electron chi connectivity index (χ4n) is 2.95. The molecular formula is C17H21NO3. The van der Waals surface area contributed by atoms with Crippen LogP contribution in [0.1, 0.15) is 54.2 Å². The number of benzene rings is 1. The van der Waals surface area contributed by atoms with Crippen LogP contribution in [0.2, 0.25) is 0 Å². The van der Waals surface area contributed by atoms with E-state index in [1.165, 1.54) is 13.8 Å². The standard InChI is InChI=1S/C17H21NO3/c1-10-6-7-14-15(12(10)3)9-18(16(14)21)17(5,13(4)20)8-11(2)19/h6-7H,8-9H2,1-5H3. The maximum absolute atomic E-state index is 12.7. The van der Waals surface area contributed by atoms with Gasteiger partial charge in [-0.05, 0) is 57.4 Å². The Kier molecular flexibility index (Phi) is 3.74. The van der Waals surface area contributed by atoms with Gasteiger partial charge in [0.1, 0.15) is 11.3 Å². The SMILES string of the molecule is CC(=O)CC(C)(C(C)=O)N1Cc2c(ccc(C)c2C)C1=O. The number of carbonyl (C=O) groups is 3. The van der Waals surface area contributed by atoms with Gasteiger partial charge in [-0.25, -0.2) is 0 Å². The van der Waals surface area contributed by atoms with E-state index in [9.17, 15) is 14.4 Å². The van der Waals surface area contributed by atoms with Gasteiger partial charge in [-0.2, -0.15) is 0 Å². The topological polar surface area (TPSA) is 54.5 Å². The molecule has 21 heavy (non-hydrogen) atoms. The van der Waals surface area contributed by atoms with Crippen molar-refractivity contribution >= 4 is 17.5 Å². The number of ketones is 2. The van der Waals surface area contributed by atoms with Gasteiger partial charge in [0, 0.05) is 18.5 Å². The third kappa shape index (κ3) is 2.39. The van der Waals surface area contributed by atoms with Gasteiger partial charge in [0.25, 0.3) is 5.91 Å². The summed E-state index contributed by atoms with van der Waals surface area (Å²) in [7, 11) is 0. The van der Waals surface area contributed by atoms with Gasteiger partial charge in [0.15, 0.2) is 5.78 Å². The highest BCUT2D eigenvalue weighted by molar-refractivity contribution is 6.04. The molecule has 2 rings (SSSR count). The van der Waals surface area contributed by atoms with E-state index in [1.807, 2.05) is 26.0 Å². The Balaban J connectivity index is 2.48. The Morgan fingerprint density at radius 1 is 1.24 bits per heavy atom. The van der Waals surface area contributed by atoms with Crippen molar-refractivity contribution in [2.45, 2.75) is 53.1 Å². The van der Waals surface area contributed by atoms with E-state index in [0.717, 1.165) is 16.7 Å². The second-order valence-electron chi connectivity index (χ2n) is 6.13. The summed E-state index contributed by atoms with van der Waals surface area (Å²) in [6.07, 6.45) is 0.0556. The molecule has 0 saturated carbocycles. The molecule has 1 aromatic carbocycles. The first kappa shape index (κ1) is 15.4. The summed E-state index contributed by atoms with van der Waals surface area (Å²) in [6.45, 7) is 8.96. The summed E-state index contributed by atoms with van der Waals surface area (Å²) >= 11 is 0. The Morgan fingerprint density at radius 3 is 2.38 bits per heavy atom. The number of carbonyl (C=O) groups excluding carboxylic acids is 3. The van der Waals surface area contributed by atoms with E-state index < -0.39 is 5.54 Å². The highest BCUT2D eigenvalue weighted by Gasteiger charge is 2.44. The second-order valence-corrected chi connectivity index (χ2v) is 6.13. The molecule has 112 valence electrons. The van der Waals surface area contributed by atoms with Crippen molar-refractivity contribution in [3.8, 4) is 0 Å². The van der Waals surface area contributed by atoms with Crippen LogP contribution < -0.4 is 0 Å². The summed E-state index contributed by atoms with van der Waals surface area (Å²) in [6, 6.07) is 3.74. The molecule has 1 heterocycles. The van der Waals surface area contributed by atoms with Crippen molar-refractivity contribution in [2.24, 2.45) is 0 Å². The van der Waals surface area contributed by atoms with E-state index in [-0.39, 0.29) is 23.9 Å². The van der Waals surface area contributed by atoms with Gasteiger partial charge in [0.05, 0.1) is 0 Å². The summed E-state index contributed by atoms with van der Waals surface area (Å²) in [5.74, 6) is -0.412. The van der Waals surface area contributed by atoms with Gasteiger partial charge in [0.2, 0.25) is 0 Å². The van der Waals surface area contributed by atoms with Crippen LogP contribution in [-0.4, -0.2) is 27.9 Å². The first-order valence-electron chi connectivity index (χ1n) is 7.10. The number of Topliss-reactive ketones (excluding diaryl/α,β-unsaturated/α-hetero) is 2. The Labute approximate surface area is 125 Å². The summed E-state index contributed by atoms with van der Waals surface area (Å²) in [5, 5.41) is 0. The zero-order valence-electron chi connectivity index (χ0n) is 13.2. The smallest absolute Gasteiger partial charge is 0.255 e. The van der Waals surface area contributed by atoms with Crippen molar-refractivity contribution in [3.63, 3.8) is 0 Å². The number of hydrogen-bond donors (Lipinski definition) is 0. The van der Waals surface area contributed by atoms with Crippen molar-refractivity contribution in [1.82, 2.24) is 4.90 Å². The molecule has 0 fully saturated rings. The van der Waals surface area contributed by atoms with Crippen LogP contribution in [0.25, 0.3) is 0 Å². The van der Waals surface area contributed by atoms with Crippen molar-refractivity contribution in [3.05, 3.63) is 34.4 Å². The average molecular weight is 287 g/mol. The first-order valence-corrected chi connectivity index (χ1v) is 7.10.